The Labute approximate surface area is 116 Å². The van der Waals surface area contributed by atoms with Crippen molar-refractivity contribution in [2.45, 2.75) is 66.4 Å². The molecule has 19 heavy (non-hydrogen) atoms. The fourth-order valence-corrected chi connectivity index (χ4v) is 2.30. The van der Waals surface area contributed by atoms with Crippen molar-refractivity contribution in [2.24, 2.45) is 16.5 Å². The van der Waals surface area contributed by atoms with Crippen molar-refractivity contribution in [3.8, 4) is 0 Å². The van der Waals surface area contributed by atoms with Crippen LogP contribution in [-0.2, 0) is 14.4 Å². The molecule has 4 heteroatoms. The molecule has 0 aromatic carbocycles. The van der Waals surface area contributed by atoms with Crippen LogP contribution < -0.4 is 0 Å². The predicted molar refractivity (Wildman–Crippen MR) is 76.0 cm³/mol. The van der Waals surface area contributed by atoms with Crippen molar-refractivity contribution in [3.05, 3.63) is 0 Å². The lowest BCUT2D eigenvalue weighted by Gasteiger charge is -2.36. The van der Waals surface area contributed by atoms with E-state index in [1.54, 1.807) is 0 Å². The van der Waals surface area contributed by atoms with Gasteiger partial charge in [-0.15, -0.1) is 0 Å². The molecule has 1 heterocycles. The minimum absolute atomic E-state index is 0.225. The van der Waals surface area contributed by atoms with Crippen LogP contribution in [0.3, 0.4) is 0 Å². The zero-order valence-corrected chi connectivity index (χ0v) is 13.1. The monoisotopic (exact) mass is 269 g/mol. The zero-order chi connectivity index (χ0) is 14.7. The summed E-state index contributed by atoms with van der Waals surface area (Å²) in [7, 11) is 0. The maximum absolute atomic E-state index is 12.1. The lowest BCUT2D eigenvalue weighted by atomic mass is 9.72. The third-order valence-electron chi connectivity index (χ3n) is 4.28. The largest absolute Gasteiger partial charge is 0.465 e. The van der Waals surface area contributed by atoms with E-state index < -0.39 is 11.0 Å². The van der Waals surface area contributed by atoms with Crippen LogP contribution in [-0.4, -0.2) is 23.9 Å². The van der Waals surface area contributed by atoms with Gasteiger partial charge in [0.05, 0.1) is 12.3 Å². The summed E-state index contributed by atoms with van der Waals surface area (Å²) < 4.78 is 5.16. The number of nitrogens with zero attached hydrogens (tertiary/aromatic N) is 1. The highest BCUT2D eigenvalue weighted by Gasteiger charge is 2.53. The fraction of sp³-hybridized carbons (Fsp3) is 0.867. The minimum atomic E-state index is -0.708. The van der Waals surface area contributed by atoms with E-state index in [2.05, 4.69) is 19.0 Å². The molecule has 0 saturated carbocycles. The van der Waals surface area contributed by atoms with Gasteiger partial charge in [0.25, 0.3) is 0 Å². The Hall–Kier alpha value is -1.06. The third kappa shape index (κ3) is 3.10. The van der Waals surface area contributed by atoms with Gasteiger partial charge in [-0.25, -0.2) is 0 Å². The standard InChI is InChI=1S/C15H27NO3/c1-7-9-11(3)12-10-15(6,19-16-12)14(4,5)13(17)18-8-2/h11H,7-10H2,1-6H3. The highest BCUT2D eigenvalue weighted by Crippen LogP contribution is 2.42. The van der Waals surface area contributed by atoms with Gasteiger partial charge in [-0.05, 0) is 40.0 Å². The molecule has 2 unspecified atom stereocenters. The van der Waals surface area contributed by atoms with Gasteiger partial charge in [0, 0.05) is 6.42 Å². The van der Waals surface area contributed by atoms with E-state index in [0.717, 1.165) is 18.6 Å². The smallest absolute Gasteiger partial charge is 0.315 e. The summed E-state index contributed by atoms with van der Waals surface area (Å²) in [4.78, 5) is 17.7. The molecule has 1 aliphatic rings. The van der Waals surface area contributed by atoms with Crippen LogP contribution in [0.4, 0.5) is 0 Å². The predicted octanol–water partition coefficient (Wildman–Crippen LogP) is 3.55. The Morgan fingerprint density at radius 2 is 2.16 bits per heavy atom. The van der Waals surface area contributed by atoms with Crippen LogP contribution in [0.25, 0.3) is 0 Å². The Bertz CT molecular complexity index is 362. The summed E-state index contributed by atoms with van der Waals surface area (Å²) in [5.74, 6) is 0.182. The maximum Gasteiger partial charge on any atom is 0.315 e. The van der Waals surface area contributed by atoms with Gasteiger partial charge >= 0.3 is 5.97 Å². The average molecular weight is 269 g/mol. The lowest BCUT2D eigenvalue weighted by molar-refractivity contribution is -0.173. The number of ether oxygens (including phenoxy) is 1. The molecule has 0 fully saturated rings. The number of oxime groups is 1. The van der Waals surface area contributed by atoms with Crippen LogP contribution in [0.2, 0.25) is 0 Å². The molecule has 4 nitrogen and oxygen atoms in total. The fourth-order valence-electron chi connectivity index (χ4n) is 2.30. The maximum atomic E-state index is 12.1. The van der Waals surface area contributed by atoms with E-state index in [9.17, 15) is 4.79 Å². The van der Waals surface area contributed by atoms with Gasteiger partial charge in [-0.3, -0.25) is 4.79 Å². The molecule has 1 rings (SSSR count). The van der Waals surface area contributed by atoms with Crippen LogP contribution in [0.1, 0.15) is 60.8 Å². The number of carbonyl (C=O) groups excluding carboxylic acids is 1. The van der Waals surface area contributed by atoms with E-state index in [-0.39, 0.29) is 5.97 Å². The van der Waals surface area contributed by atoms with E-state index in [0.29, 0.717) is 18.9 Å². The second-order valence-corrected chi connectivity index (χ2v) is 6.12. The molecular formula is C15H27NO3. The molecule has 0 aromatic rings. The van der Waals surface area contributed by atoms with E-state index in [4.69, 9.17) is 9.57 Å². The molecule has 0 radical (unpaired) electrons. The van der Waals surface area contributed by atoms with Crippen LogP contribution in [0.5, 0.6) is 0 Å². The quantitative estimate of drug-likeness (QED) is 0.693. The normalized spacial score (nSPS) is 24.6. The highest BCUT2D eigenvalue weighted by atomic mass is 16.7. The van der Waals surface area contributed by atoms with E-state index in [1.807, 2.05) is 27.7 Å². The molecule has 0 saturated heterocycles. The van der Waals surface area contributed by atoms with Gasteiger partial charge in [0.1, 0.15) is 5.41 Å². The van der Waals surface area contributed by atoms with Gasteiger partial charge in [-0.2, -0.15) is 0 Å². The van der Waals surface area contributed by atoms with Crippen molar-refractivity contribution < 1.29 is 14.4 Å². The van der Waals surface area contributed by atoms with Crippen molar-refractivity contribution in [2.75, 3.05) is 6.61 Å². The molecule has 2 atom stereocenters. The SMILES string of the molecule is CCCC(C)C1=NOC(C)(C(C)(C)C(=O)OCC)C1. The first kappa shape index (κ1) is 16.0. The average Bonchev–Trinajstić information content (AvgIpc) is 2.74. The van der Waals surface area contributed by atoms with Gasteiger partial charge in [0.15, 0.2) is 5.60 Å². The van der Waals surface area contributed by atoms with Gasteiger partial charge < -0.3 is 9.57 Å². The summed E-state index contributed by atoms with van der Waals surface area (Å²) in [6.45, 7) is 12.2. The first-order chi connectivity index (χ1) is 8.78. The summed E-state index contributed by atoms with van der Waals surface area (Å²) in [5.41, 5.74) is -0.265. The van der Waals surface area contributed by atoms with Gasteiger partial charge in [0.2, 0.25) is 0 Å². The summed E-state index contributed by atoms with van der Waals surface area (Å²) in [5, 5.41) is 4.23. The molecule has 0 bridgehead atoms. The first-order valence-corrected chi connectivity index (χ1v) is 7.20. The number of rotatable bonds is 6. The number of esters is 1. The molecular weight excluding hydrogens is 242 g/mol. The summed E-state index contributed by atoms with van der Waals surface area (Å²) >= 11 is 0. The molecule has 0 N–H and O–H groups in total. The topological polar surface area (TPSA) is 47.9 Å². The van der Waals surface area contributed by atoms with Crippen molar-refractivity contribution in [1.82, 2.24) is 0 Å². The Balaban J connectivity index is 2.78. The molecule has 0 aromatic heterocycles. The van der Waals surface area contributed by atoms with E-state index >= 15 is 0 Å². The van der Waals surface area contributed by atoms with E-state index in [1.165, 1.54) is 0 Å². The Morgan fingerprint density at radius 3 is 2.68 bits per heavy atom. The molecule has 0 amide bonds. The van der Waals surface area contributed by atoms with Crippen molar-refractivity contribution in [3.63, 3.8) is 0 Å². The van der Waals surface area contributed by atoms with Crippen molar-refractivity contribution in [1.29, 1.82) is 0 Å². The van der Waals surface area contributed by atoms with Crippen LogP contribution >= 0.6 is 0 Å². The lowest BCUT2D eigenvalue weighted by Crippen LogP contribution is -2.48. The van der Waals surface area contributed by atoms with Crippen LogP contribution in [0, 0.1) is 11.3 Å². The Morgan fingerprint density at radius 1 is 1.53 bits per heavy atom. The minimum Gasteiger partial charge on any atom is -0.465 e. The third-order valence-corrected chi connectivity index (χ3v) is 4.28. The second kappa shape index (κ2) is 5.93. The first-order valence-electron chi connectivity index (χ1n) is 7.20. The molecule has 110 valence electrons. The number of carbonyl (C=O) groups is 1. The molecule has 1 aliphatic heterocycles. The molecule has 0 aliphatic carbocycles. The second-order valence-electron chi connectivity index (χ2n) is 6.12. The number of hydrogen-bond donors (Lipinski definition) is 0. The summed E-state index contributed by atoms with van der Waals surface area (Å²) in [6, 6.07) is 0. The van der Waals surface area contributed by atoms with Crippen LogP contribution in [0.15, 0.2) is 5.16 Å². The zero-order valence-electron chi connectivity index (χ0n) is 13.1. The molecule has 0 spiro atoms. The Kier molecular flexibility index (Phi) is 4.99. The van der Waals surface area contributed by atoms with Crippen molar-refractivity contribution >= 4 is 11.7 Å². The van der Waals surface area contributed by atoms with Gasteiger partial charge in [-0.1, -0.05) is 25.4 Å². The highest BCUT2D eigenvalue weighted by molar-refractivity contribution is 5.89. The summed E-state index contributed by atoms with van der Waals surface area (Å²) in [6.07, 6.45) is 2.91. The number of hydrogen-bond acceptors (Lipinski definition) is 4.